The molecule has 5 nitrogen and oxygen atoms in total. The predicted molar refractivity (Wildman–Crippen MR) is 67.0 cm³/mol. The fourth-order valence-electron chi connectivity index (χ4n) is 1.99. The van der Waals surface area contributed by atoms with Gasteiger partial charge in [0.2, 0.25) is 5.91 Å². The summed E-state index contributed by atoms with van der Waals surface area (Å²) in [6, 6.07) is 0.145. The number of hydrogen-bond donors (Lipinski definition) is 0. The maximum absolute atomic E-state index is 12.7. The first-order valence-corrected chi connectivity index (χ1v) is 6.25. The van der Waals surface area contributed by atoms with E-state index in [0.717, 1.165) is 31.8 Å². The average molecular weight is 265 g/mol. The highest BCUT2D eigenvalue weighted by atomic mass is 19.1. The third kappa shape index (κ3) is 3.74. The van der Waals surface area contributed by atoms with Crippen molar-refractivity contribution >= 4 is 5.91 Å². The maximum Gasteiger partial charge on any atom is 0.316 e. The zero-order chi connectivity index (χ0) is 13.7. The van der Waals surface area contributed by atoms with E-state index in [2.05, 4.69) is 9.97 Å². The average Bonchev–Trinajstić information content (AvgIpc) is 2.42. The normalized spacial score (nSPS) is 19.7. The Hall–Kier alpha value is -1.98. The third-order valence-corrected chi connectivity index (χ3v) is 2.87. The Morgan fingerprint density at radius 3 is 2.95 bits per heavy atom. The zero-order valence-corrected chi connectivity index (χ0v) is 10.8. The van der Waals surface area contributed by atoms with E-state index in [4.69, 9.17) is 4.74 Å². The van der Waals surface area contributed by atoms with Gasteiger partial charge in [-0.05, 0) is 25.8 Å². The van der Waals surface area contributed by atoms with Crippen LogP contribution in [0.25, 0.3) is 0 Å². The van der Waals surface area contributed by atoms with Gasteiger partial charge in [-0.3, -0.25) is 4.79 Å². The molecule has 19 heavy (non-hydrogen) atoms. The number of allylic oxidation sites excluding steroid dienone is 1. The molecule has 0 radical (unpaired) electrons. The summed E-state index contributed by atoms with van der Waals surface area (Å²) >= 11 is 0. The van der Waals surface area contributed by atoms with Gasteiger partial charge in [-0.15, -0.1) is 0 Å². The number of hydrogen-bond acceptors (Lipinski definition) is 4. The van der Waals surface area contributed by atoms with Crippen molar-refractivity contribution in [1.82, 2.24) is 14.9 Å². The molecule has 0 saturated carbocycles. The van der Waals surface area contributed by atoms with E-state index in [9.17, 15) is 9.18 Å². The lowest BCUT2D eigenvalue weighted by molar-refractivity contribution is -0.128. The van der Waals surface area contributed by atoms with E-state index in [1.54, 1.807) is 11.0 Å². The van der Waals surface area contributed by atoms with E-state index < -0.39 is 5.82 Å². The Bertz CT molecular complexity index is 461. The Balaban J connectivity index is 1.94. The molecule has 1 saturated heterocycles. The van der Waals surface area contributed by atoms with E-state index in [1.807, 2.05) is 6.92 Å². The summed E-state index contributed by atoms with van der Waals surface area (Å²) in [6.07, 6.45) is 6.94. The molecule has 6 heteroatoms. The highest BCUT2D eigenvalue weighted by Gasteiger charge is 2.24. The minimum absolute atomic E-state index is 0.0178. The summed E-state index contributed by atoms with van der Waals surface area (Å²) in [5.41, 5.74) is 0. The first kappa shape index (κ1) is 13.5. The van der Waals surface area contributed by atoms with E-state index in [-0.39, 0.29) is 18.0 Å². The number of halogens is 1. The van der Waals surface area contributed by atoms with Crippen LogP contribution < -0.4 is 4.74 Å². The number of nitrogens with zero attached hydrogens (tertiary/aromatic N) is 3. The predicted octanol–water partition coefficient (Wildman–Crippen LogP) is 1.56. The van der Waals surface area contributed by atoms with Gasteiger partial charge in [0.05, 0.1) is 18.9 Å². The highest BCUT2D eigenvalue weighted by molar-refractivity contribution is 5.87. The monoisotopic (exact) mass is 265 g/mol. The molecule has 2 rings (SSSR count). The van der Waals surface area contributed by atoms with Crippen molar-refractivity contribution in [2.24, 2.45) is 0 Å². The standard InChI is InChI=1S/C13H16FN3O2/c1-2-4-12(18)17-6-3-5-11(9-17)19-13-15-7-10(14)8-16-13/h2,4,7-8,11H,3,5-6,9H2,1H3/b4-2+. The summed E-state index contributed by atoms with van der Waals surface area (Å²) in [7, 11) is 0. The molecule has 1 fully saturated rings. The molecule has 1 unspecified atom stereocenters. The molecule has 102 valence electrons. The van der Waals surface area contributed by atoms with Gasteiger partial charge in [0, 0.05) is 6.54 Å². The molecule has 0 bridgehead atoms. The molecule has 1 aliphatic heterocycles. The summed E-state index contributed by atoms with van der Waals surface area (Å²) in [5, 5.41) is 0. The number of carbonyl (C=O) groups excluding carboxylic acids is 1. The molecule has 0 N–H and O–H groups in total. The second-order valence-electron chi connectivity index (χ2n) is 4.35. The molecule has 2 heterocycles. The molecule has 1 aliphatic rings. The quantitative estimate of drug-likeness (QED) is 0.778. The van der Waals surface area contributed by atoms with Crippen LogP contribution in [0, 0.1) is 5.82 Å². The molecular weight excluding hydrogens is 249 g/mol. The second-order valence-corrected chi connectivity index (χ2v) is 4.35. The van der Waals surface area contributed by atoms with Crippen LogP contribution in [0.15, 0.2) is 24.5 Å². The van der Waals surface area contributed by atoms with Gasteiger partial charge >= 0.3 is 6.01 Å². The fourth-order valence-corrected chi connectivity index (χ4v) is 1.99. The number of carbonyl (C=O) groups is 1. The minimum Gasteiger partial charge on any atom is -0.458 e. The lowest BCUT2D eigenvalue weighted by atomic mass is 10.1. The van der Waals surface area contributed by atoms with Gasteiger partial charge in [0.25, 0.3) is 0 Å². The third-order valence-electron chi connectivity index (χ3n) is 2.87. The summed E-state index contributed by atoms with van der Waals surface area (Å²) in [5.74, 6) is -0.517. The van der Waals surface area contributed by atoms with Crippen LogP contribution in [0.5, 0.6) is 6.01 Å². The molecule has 0 spiro atoms. The lowest BCUT2D eigenvalue weighted by Crippen LogP contribution is -2.43. The number of ether oxygens (including phenoxy) is 1. The van der Waals surface area contributed by atoms with Crippen molar-refractivity contribution < 1.29 is 13.9 Å². The number of aromatic nitrogens is 2. The van der Waals surface area contributed by atoms with Crippen LogP contribution in [0.3, 0.4) is 0 Å². The highest BCUT2D eigenvalue weighted by Crippen LogP contribution is 2.15. The van der Waals surface area contributed by atoms with Gasteiger partial charge in [-0.2, -0.15) is 0 Å². The van der Waals surface area contributed by atoms with Crippen molar-refractivity contribution in [3.8, 4) is 6.01 Å². The summed E-state index contributed by atoms with van der Waals surface area (Å²) < 4.78 is 18.2. The lowest BCUT2D eigenvalue weighted by Gasteiger charge is -2.31. The largest absolute Gasteiger partial charge is 0.458 e. The van der Waals surface area contributed by atoms with Gasteiger partial charge < -0.3 is 9.64 Å². The number of rotatable bonds is 3. The zero-order valence-electron chi connectivity index (χ0n) is 10.8. The first-order chi connectivity index (χ1) is 9.19. The Morgan fingerprint density at radius 2 is 2.26 bits per heavy atom. The maximum atomic E-state index is 12.7. The molecule has 0 aromatic carbocycles. The van der Waals surface area contributed by atoms with Crippen LogP contribution in [-0.4, -0.2) is 40.0 Å². The molecule has 0 aliphatic carbocycles. The topological polar surface area (TPSA) is 55.3 Å². The van der Waals surface area contributed by atoms with E-state index in [0.29, 0.717) is 6.54 Å². The first-order valence-electron chi connectivity index (χ1n) is 6.25. The number of amides is 1. The van der Waals surface area contributed by atoms with Crippen LogP contribution in [0.2, 0.25) is 0 Å². The van der Waals surface area contributed by atoms with E-state index in [1.165, 1.54) is 6.08 Å². The fraction of sp³-hybridized carbons (Fsp3) is 0.462. The number of piperidine rings is 1. The summed E-state index contributed by atoms with van der Waals surface area (Å²) in [6.45, 7) is 3.04. The van der Waals surface area contributed by atoms with Crippen LogP contribution >= 0.6 is 0 Å². The molecular formula is C13H16FN3O2. The van der Waals surface area contributed by atoms with Gasteiger partial charge in [0.1, 0.15) is 6.10 Å². The van der Waals surface area contributed by atoms with Crippen molar-refractivity contribution in [1.29, 1.82) is 0 Å². The van der Waals surface area contributed by atoms with Crippen molar-refractivity contribution in [2.45, 2.75) is 25.9 Å². The Kier molecular flexibility index (Phi) is 4.43. The van der Waals surface area contributed by atoms with Crippen LogP contribution in [0.4, 0.5) is 4.39 Å². The van der Waals surface area contributed by atoms with E-state index >= 15 is 0 Å². The smallest absolute Gasteiger partial charge is 0.316 e. The Morgan fingerprint density at radius 1 is 1.53 bits per heavy atom. The van der Waals surface area contributed by atoms with Gasteiger partial charge in [-0.1, -0.05) is 6.08 Å². The van der Waals surface area contributed by atoms with Crippen molar-refractivity contribution in [3.05, 3.63) is 30.4 Å². The van der Waals surface area contributed by atoms with Crippen LogP contribution in [-0.2, 0) is 4.79 Å². The van der Waals surface area contributed by atoms with Gasteiger partial charge in [0.15, 0.2) is 5.82 Å². The summed E-state index contributed by atoms with van der Waals surface area (Å²) in [4.78, 5) is 21.0. The molecule has 1 atom stereocenters. The Labute approximate surface area is 111 Å². The molecule has 1 aromatic rings. The number of likely N-dealkylation sites (tertiary alicyclic amines) is 1. The van der Waals surface area contributed by atoms with Crippen LogP contribution in [0.1, 0.15) is 19.8 Å². The molecule has 1 amide bonds. The second kappa shape index (κ2) is 6.26. The SMILES string of the molecule is C/C=C/C(=O)N1CCCC(Oc2ncc(F)cn2)C1. The van der Waals surface area contributed by atoms with Crippen molar-refractivity contribution in [2.75, 3.05) is 13.1 Å². The minimum atomic E-state index is -0.499. The van der Waals surface area contributed by atoms with Crippen molar-refractivity contribution in [3.63, 3.8) is 0 Å². The molecule has 1 aromatic heterocycles. The van der Waals surface area contributed by atoms with Gasteiger partial charge in [-0.25, -0.2) is 14.4 Å².